The van der Waals surface area contributed by atoms with Crippen molar-refractivity contribution >= 4 is 5.82 Å². The summed E-state index contributed by atoms with van der Waals surface area (Å²) < 4.78 is 0. The van der Waals surface area contributed by atoms with E-state index in [1.165, 1.54) is 12.1 Å². The average Bonchev–Trinajstić information content (AvgIpc) is 1.85. The van der Waals surface area contributed by atoms with E-state index in [9.17, 15) is 0 Å². The third-order valence-electron chi connectivity index (χ3n) is 1.05. The number of pyridine rings is 1. The molecule has 4 heteroatoms. The van der Waals surface area contributed by atoms with Crippen LogP contribution in [0.4, 0.5) is 5.82 Å². The van der Waals surface area contributed by atoms with Gasteiger partial charge < -0.3 is 15.5 Å². The SMILES string of the molecule is CNc1cc(O)cc(O)n1. The summed E-state index contributed by atoms with van der Waals surface area (Å²) in [5, 5.41) is 20.4. The highest BCUT2D eigenvalue weighted by molar-refractivity contribution is 5.42. The Kier molecular flexibility index (Phi) is 1.62. The maximum Gasteiger partial charge on any atom is 0.216 e. The molecule has 0 spiro atoms. The van der Waals surface area contributed by atoms with Crippen LogP contribution < -0.4 is 5.32 Å². The first-order valence-corrected chi connectivity index (χ1v) is 2.80. The Morgan fingerprint density at radius 1 is 1.40 bits per heavy atom. The second kappa shape index (κ2) is 2.43. The first kappa shape index (κ1) is 6.67. The van der Waals surface area contributed by atoms with Crippen LogP contribution in [0.5, 0.6) is 11.6 Å². The second-order valence-corrected chi connectivity index (χ2v) is 1.82. The molecule has 0 atom stereocenters. The van der Waals surface area contributed by atoms with E-state index >= 15 is 0 Å². The first-order chi connectivity index (χ1) is 4.72. The molecule has 0 amide bonds. The molecule has 10 heavy (non-hydrogen) atoms. The Hall–Kier alpha value is -1.45. The molecule has 0 radical (unpaired) electrons. The van der Waals surface area contributed by atoms with E-state index in [-0.39, 0.29) is 11.6 Å². The summed E-state index contributed by atoms with van der Waals surface area (Å²) in [5.74, 6) is 0.249. The number of rotatable bonds is 1. The molecule has 0 aromatic carbocycles. The summed E-state index contributed by atoms with van der Waals surface area (Å²) >= 11 is 0. The van der Waals surface area contributed by atoms with Crippen LogP contribution >= 0.6 is 0 Å². The van der Waals surface area contributed by atoms with Gasteiger partial charge in [-0.05, 0) is 0 Å². The van der Waals surface area contributed by atoms with E-state index in [1.807, 2.05) is 0 Å². The molecule has 1 heterocycles. The first-order valence-electron chi connectivity index (χ1n) is 2.80. The molecule has 0 bridgehead atoms. The smallest absolute Gasteiger partial charge is 0.216 e. The van der Waals surface area contributed by atoms with E-state index in [0.717, 1.165) is 0 Å². The van der Waals surface area contributed by atoms with Crippen LogP contribution in [0.2, 0.25) is 0 Å². The van der Waals surface area contributed by atoms with Gasteiger partial charge in [-0.2, -0.15) is 4.98 Å². The zero-order valence-corrected chi connectivity index (χ0v) is 5.50. The van der Waals surface area contributed by atoms with Gasteiger partial charge in [0, 0.05) is 19.2 Å². The fourth-order valence-electron chi connectivity index (χ4n) is 0.630. The van der Waals surface area contributed by atoms with Crippen LogP contribution in [0.3, 0.4) is 0 Å². The lowest BCUT2D eigenvalue weighted by atomic mass is 10.4. The highest BCUT2D eigenvalue weighted by Crippen LogP contribution is 2.18. The summed E-state index contributed by atoms with van der Waals surface area (Å²) in [6.07, 6.45) is 0. The van der Waals surface area contributed by atoms with Crippen molar-refractivity contribution in [2.24, 2.45) is 0 Å². The number of hydrogen-bond acceptors (Lipinski definition) is 4. The van der Waals surface area contributed by atoms with Crippen LogP contribution in [0.25, 0.3) is 0 Å². The van der Waals surface area contributed by atoms with Gasteiger partial charge in [0.15, 0.2) is 0 Å². The number of nitrogens with one attached hydrogen (secondary N) is 1. The number of anilines is 1. The molecule has 0 saturated heterocycles. The summed E-state index contributed by atoms with van der Waals surface area (Å²) in [5.41, 5.74) is 0. The van der Waals surface area contributed by atoms with E-state index in [4.69, 9.17) is 10.2 Å². The Balaban J connectivity index is 3.06. The topological polar surface area (TPSA) is 65.4 Å². The van der Waals surface area contributed by atoms with Gasteiger partial charge in [0.05, 0.1) is 0 Å². The third kappa shape index (κ3) is 1.28. The average molecular weight is 140 g/mol. The van der Waals surface area contributed by atoms with E-state index in [0.29, 0.717) is 5.82 Å². The van der Waals surface area contributed by atoms with Gasteiger partial charge in [-0.15, -0.1) is 0 Å². The summed E-state index contributed by atoms with van der Waals surface area (Å²) in [7, 11) is 1.65. The molecule has 0 aliphatic rings. The normalized spacial score (nSPS) is 9.30. The van der Waals surface area contributed by atoms with Crippen molar-refractivity contribution in [2.45, 2.75) is 0 Å². The molecule has 3 N–H and O–H groups in total. The number of aromatic hydroxyl groups is 2. The minimum Gasteiger partial charge on any atom is -0.508 e. The Labute approximate surface area is 58.2 Å². The molecule has 0 aliphatic heterocycles. The van der Waals surface area contributed by atoms with E-state index in [2.05, 4.69) is 10.3 Å². The van der Waals surface area contributed by atoms with Gasteiger partial charge in [-0.25, -0.2) is 0 Å². The lowest BCUT2D eigenvalue weighted by Gasteiger charge is -1.99. The van der Waals surface area contributed by atoms with Crippen molar-refractivity contribution in [3.8, 4) is 11.6 Å². The lowest BCUT2D eigenvalue weighted by molar-refractivity contribution is 0.436. The Bertz CT molecular complexity index is 217. The molecule has 0 unspecified atom stereocenters. The molecule has 1 aromatic rings. The van der Waals surface area contributed by atoms with Crippen molar-refractivity contribution in [3.05, 3.63) is 12.1 Å². The van der Waals surface area contributed by atoms with Gasteiger partial charge in [0.2, 0.25) is 5.88 Å². The van der Waals surface area contributed by atoms with Crippen molar-refractivity contribution in [1.29, 1.82) is 0 Å². The number of hydrogen-bond donors (Lipinski definition) is 3. The minimum absolute atomic E-state index is 0.00292. The second-order valence-electron chi connectivity index (χ2n) is 1.82. The summed E-state index contributed by atoms with van der Waals surface area (Å²) in [4.78, 5) is 3.64. The van der Waals surface area contributed by atoms with Gasteiger partial charge in [0.1, 0.15) is 11.6 Å². The van der Waals surface area contributed by atoms with E-state index in [1.54, 1.807) is 7.05 Å². The van der Waals surface area contributed by atoms with Gasteiger partial charge in [-0.1, -0.05) is 0 Å². The maximum absolute atomic E-state index is 8.88. The Morgan fingerprint density at radius 2 is 2.10 bits per heavy atom. The maximum atomic E-state index is 8.88. The molecule has 0 saturated carbocycles. The monoisotopic (exact) mass is 140 g/mol. The number of aromatic nitrogens is 1. The minimum atomic E-state index is -0.190. The van der Waals surface area contributed by atoms with Crippen molar-refractivity contribution in [2.75, 3.05) is 12.4 Å². The van der Waals surface area contributed by atoms with Crippen LogP contribution in [-0.2, 0) is 0 Å². The quantitative estimate of drug-likeness (QED) is 0.532. The fourth-order valence-corrected chi connectivity index (χ4v) is 0.630. The van der Waals surface area contributed by atoms with Crippen molar-refractivity contribution in [1.82, 2.24) is 4.98 Å². The molecule has 1 aromatic heterocycles. The molecule has 4 nitrogen and oxygen atoms in total. The molecule has 1 rings (SSSR count). The van der Waals surface area contributed by atoms with Gasteiger partial charge in [-0.3, -0.25) is 0 Å². The van der Waals surface area contributed by atoms with Crippen LogP contribution in [0.15, 0.2) is 12.1 Å². The van der Waals surface area contributed by atoms with Crippen LogP contribution in [-0.4, -0.2) is 22.2 Å². The largest absolute Gasteiger partial charge is 0.508 e. The standard InChI is InChI=1S/C6H8N2O2/c1-7-5-2-4(9)3-6(10)8-5/h2-3H,1H3,(H3,7,8,9,10). The van der Waals surface area contributed by atoms with Crippen LogP contribution in [0, 0.1) is 0 Å². The lowest BCUT2D eigenvalue weighted by Crippen LogP contribution is -1.90. The van der Waals surface area contributed by atoms with E-state index < -0.39 is 0 Å². The summed E-state index contributed by atoms with van der Waals surface area (Å²) in [6, 6.07) is 2.58. The van der Waals surface area contributed by atoms with Crippen molar-refractivity contribution < 1.29 is 10.2 Å². The molecule has 0 aliphatic carbocycles. The van der Waals surface area contributed by atoms with Crippen LogP contribution in [0.1, 0.15) is 0 Å². The highest BCUT2D eigenvalue weighted by atomic mass is 16.3. The molecular formula is C6H8N2O2. The van der Waals surface area contributed by atoms with Crippen molar-refractivity contribution in [3.63, 3.8) is 0 Å². The number of nitrogens with zero attached hydrogens (tertiary/aromatic N) is 1. The molecule has 0 fully saturated rings. The predicted octanol–water partition coefficient (Wildman–Crippen LogP) is 0.534. The van der Waals surface area contributed by atoms with Gasteiger partial charge in [0.25, 0.3) is 0 Å². The summed E-state index contributed by atoms with van der Waals surface area (Å²) in [6.45, 7) is 0. The fraction of sp³-hybridized carbons (Fsp3) is 0.167. The van der Waals surface area contributed by atoms with Gasteiger partial charge >= 0.3 is 0 Å². The molecule has 54 valence electrons. The highest BCUT2D eigenvalue weighted by Gasteiger charge is 1.96. The zero-order valence-electron chi connectivity index (χ0n) is 5.50. The third-order valence-corrected chi connectivity index (χ3v) is 1.05. The molecular weight excluding hydrogens is 132 g/mol. The predicted molar refractivity (Wildman–Crippen MR) is 37.1 cm³/mol. The Morgan fingerprint density at radius 3 is 2.60 bits per heavy atom. The zero-order chi connectivity index (χ0) is 7.56.